The number of amides is 1. The molecule has 36 heavy (non-hydrogen) atoms. The number of anilines is 1. The molecule has 0 radical (unpaired) electrons. The Bertz CT molecular complexity index is 1200. The van der Waals surface area contributed by atoms with Crippen LogP contribution in [0.1, 0.15) is 51.3 Å². The Labute approximate surface area is 213 Å². The summed E-state index contributed by atoms with van der Waals surface area (Å²) in [6, 6.07) is 9.98. The second kappa shape index (κ2) is 9.32. The summed E-state index contributed by atoms with van der Waals surface area (Å²) >= 11 is 0. The van der Waals surface area contributed by atoms with Crippen molar-refractivity contribution in [1.29, 1.82) is 0 Å². The molecule has 0 bridgehead atoms. The molecule has 2 fully saturated rings. The number of pyridine rings is 2. The minimum Gasteiger partial charge on any atom is -0.383 e. The fraction of sp³-hybridized carbons (Fsp3) is 0.500. The number of hydrogen-bond donors (Lipinski definition) is 1. The molecule has 190 valence electrons. The van der Waals surface area contributed by atoms with Crippen molar-refractivity contribution in [2.24, 2.45) is 13.0 Å². The number of rotatable bonds is 5. The van der Waals surface area contributed by atoms with Gasteiger partial charge in [-0.2, -0.15) is 0 Å². The fourth-order valence-electron chi connectivity index (χ4n) is 5.08. The molecule has 2 aliphatic heterocycles. The van der Waals surface area contributed by atoms with Gasteiger partial charge in [-0.25, -0.2) is 9.97 Å². The molecule has 2 saturated heterocycles. The fourth-order valence-corrected chi connectivity index (χ4v) is 5.08. The van der Waals surface area contributed by atoms with Crippen molar-refractivity contribution in [1.82, 2.24) is 24.4 Å². The highest BCUT2D eigenvalue weighted by Crippen LogP contribution is 2.34. The van der Waals surface area contributed by atoms with Gasteiger partial charge in [0.15, 0.2) is 5.82 Å². The van der Waals surface area contributed by atoms with E-state index in [9.17, 15) is 9.90 Å². The molecule has 1 N–H and O–H groups in total. The van der Waals surface area contributed by atoms with E-state index in [4.69, 9.17) is 4.98 Å². The zero-order valence-corrected chi connectivity index (χ0v) is 21.7. The van der Waals surface area contributed by atoms with E-state index >= 15 is 0 Å². The number of piperidine rings is 1. The van der Waals surface area contributed by atoms with Gasteiger partial charge in [-0.15, -0.1) is 0 Å². The van der Waals surface area contributed by atoms with Crippen molar-refractivity contribution >= 4 is 11.7 Å². The van der Waals surface area contributed by atoms with Crippen molar-refractivity contribution in [3.63, 3.8) is 0 Å². The first-order valence-electron chi connectivity index (χ1n) is 12.8. The van der Waals surface area contributed by atoms with Crippen molar-refractivity contribution in [2.45, 2.75) is 51.0 Å². The van der Waals surface area contributed by atoms with E-state index in [-0.39, 0.29) is 11.3 Å². The van der Waals surface area contributed by atoms with Crippen LogP contribution in [-0.2, 0) is 22.9 Å². The lowest BCUT2D eigenvalue weighted by Gasteiger charge is -2.42. The minimum absolute atomic E-state index is 0.0377. The van der Waals surface area contributed by atoms with Crippen molar-refractivity contribution in [2.75, 3.05) is 31.1 Å². The smallest absolute Gasteiger partial charge is 0.222 e. The summed E-state index contributed by atoms with van der Waals surface area (Å²) in [5.41, 5.74) is 1.61. The molecule has 5 rings (SSSR count). The molecule has 3 aromatic rings. The number of hydrogen-bond acceptors (Lipinski definition) is 6. The molecule has 2 aliphatic rings. The van der Waals surface area contributed by atoms with E-state index in [2.05, 4.69) is 41.7 Å². The predicted octanol–water partition coefficient (Wildman–Crippen LogP) is 3.51. The number of carbonyl (C=O) groups is 1. The van der Waals surface area contributed by atoms with Crippen LogP contribution < -0.4 is 4.90 Å². The minimum atomic E-state index is -1.04. The number of imidazole rings is 1. The quantitative estimate of drug-likeness (QED) is 0.591. The number of aliphatic hydroxyl groups is 1. The summed E-state index contributed by atoms with van der Waals surface area (Å²) in [6.45, 7) is 9.30. The van der Waals surface area contributed by atoms with Gasteiger partial charge in [0, 0.05) is 64.2 Å². The summed E-state index contributed by atoms with van der Waals surface area (Å²) in [5, 5.41) is 11.4. The summed E-state index contributed by atoms with van der Waals surface area (Å²) in [6.07, 6.45) is 7.11. The third-order valence-corrected chi connectivity index (χ3v) is 7.55. The van der Waals surface area contributed by atoms with Crippen LogP contribution in [0.15, 0.2) is 48.9 Å². The Balaban J connectivity index is 1.17. The largest absolute Gasteiger partial charge is 0.383 e. The maximum absolute atomic E-state index is 12.9. The van der Waals surface area contributed by atoms with Crippen LogP contribution in [0.5, 0.6) is 0 Å². The molecule has 0 aliphatic carbocycles. The first-order valence-corrected chi connectivity index (χ1v) is 12.8. The Morgan fingerprint density at radius 1 is 1.11 bits per heavy atom. The zero-order valence-electron chi connectivity index (χ0n) is 21.7. The number of aryl methyl sites for hydroxylation is 1. The molecule has 0 unspecified atom stereocenters. The van der Waals surface area contributed by atoms with Crippen LogP contribution in [0.2, 0.25) is 0 Å². The van der Waals surface area contributed by atoms with Gasteiger partial charge < -0.3 is 19.5 Å². The third-order valence-electron chi connectivity index (χ3n) is 7.55. The van der Waals surface area contributed by atoms with Crippen LogP contribution >= 0.6 is 0 Å². The Kier molecular flexibility index (Phi) is 6.32. The van der Waals surface area contributed by atoms with Crippen LogP contribution in [-0.4, -0.2) is 61.6 Å². The number of aromatic nitrogens is 4. The van der Waals surface area contributed by atoms with E-state index in [0.29, 0.717) is 44.0 Å². The molecule has 5 heterocycles. The SMILES string of the molecule is Cn1cc(C2(O)CCN(C(=O)CC3CN(c4ccccn4)C3)CC2)nc1-c1ccc(C(C)(C)C)cn1. The highest BCUT2D eigenvalue weighted by Gasteiger charge is 2.39. The van der Waals surface area contributed by atoms with Gasteiger partial charge in [0.1, 0.15) is 17.1 Å². The lowest BCUT2D eigenvalue weighted by atomic mass is 9.88. The van der Waals surface area contributed by atoms with Crippen LogP contribution in [0.3, 0.4) is 0 Å². The van der Waals surface area contributed by atoms with E-state index in [1.165, 1.54) is 5.56 Å². The molecule has 0 spiro atoms. The normalized spacial score (nSPS) is 18.2. The third kappa shape index (κ3) is 4.87. The van der Waals surface area contributed by atoms with Gasteiger partial charge in [-0.3, -0.25) is 9.78 Å². The predicted molar refractivity (Wildman–Crippen MR) is 139 cm³/mol. The Morgan fingerprint density at radius 3 is 2.47 bits per heavy atom. The van der Waals surface area contributed by atoms with Crippen molar-refractivity contribution < 1.29 is 9.90 Å². The van der Waals surface area contributed by atoms with Crippen LogP contribution in [0.4, 0.5) is 5.82 Å². The summed E-state index contributed by atoms with van der Waals surface area (Å²) in [4.78, 5) is 30.8. The average Bonchev–Trinajstić information content (AvgIpc) is 3.24. The molecule has 3 aromatic heterocycles. The summed E-state index contributed by atoms with van der Waals surface area (Å²) < 4.78 is 1.92. The summed E-state index contributed by atoms with van der Waals surface area (Å²) in [7, 11) is 1.93. The molecular weight excluding hydrogens is 452 g/mol. The number of carbonyl (C=O) groups excluding carboxylic acids is 1. The molecule has 1 amide bonds. The van der Waals surface area contributed by atoms with Gasteiger partial charge >= 0.3 is 0 Å². The monoisotopic (exact) mass is 488 g/mol. The second-order valence-corrected chi connectivity index (χ2v) is 11.3. The van der Waals surface area contributed by atoms with Gasteiger partial charge in [0.2, 0.25) is 5.91 Å². The average molecular weight is 489 g/mol. The van der Waals surface area contributed by atoms with Gasteiger partial charge in [-0.1, -0.05) is 32.9 Å². The maximum atomic E-state index is 12.9. The standard InChI is InChI=1S/C28H36N6O2/c1-27(2,3)21-8-9-22(30-16-21)26-31-23(19-32(26)4)28(36)10-13-33(14-11-28)25(35)15-20-17-34(18-20)24-7-5-6-12-29-24/h5-9,12,16,19-20,36H,10-11,13-15,17-18H2,1-4H3. The maximum Gasteiger partial charge on any atom is 0.222 e. The molecule has 0 saturated carbocycles. The van der Waals surface area contributed by atoms with E-state index < -0.39 is 5.60 Å². The Hall–Kier alpha value is -3.26. The van der Waals surface area contributed by atoms with Crippen LogP contribution in [0.25, 0.3) is 11.5 Å². The molecule has 0 aromatic carbocycles. The van der Waals surface area contributed by atoms with Crippen molar-refractivity contribution in [3.05, 3.63) is 60.2 Å². The first kappa shape index (κ1) is 24.4. The first-order chi connectivity index (χ1) is 17.1. The highest BCUT2D eigenvalue weighted by molar-refractivity contribution is 5.77. The van der Waals surface area contributed by atoms with Crippen LogP contribution in [0, 0.1) is 5.92 Å². The van der Waals surface area contributed by atoms with Gasteiger partial charge in [-0.05, 0) is 42.0 Å². The topological polar surface area (TPSA) is 87.4 Å². The van der Waals surface area contributed by atoms with Crippen molar-refractivity contribution in [3.8, 4) is 11.5 Å². The Morgan fingerprint density at radius 2 is 1.86 bits per heavy atom. The summed E-state index contributed by atoms with van der Waals surface area (Å²) in [5.74, 6) is 2.24. The molecule has 8 nitrogen and oxygen atoms in total. The lowest BCUT2D eigenvalue weighted by Crippen LogP contribution is -2.51. The van der Waals surface area contributed by atoms with Gasteiger partial charge in [0.05, 0.1) is 5.69 Å². The lowest BCUT2D eigenvalue weighted by molar-refractivity contribution is -0.137. The number of likely N-dealkylation sites (tertiary alicyclic amines) is 1. The van der Waals surface area contributed by atoms with E-state index in [0.717, 1.165) is 30.4 Å². The van der Waals surface area contributed by atoms with E-state index in [1.807, 2.05) is 53.2 Å². The molecule has 0 atom stereocenters. The zero-order chi connectivity index (χ0) is 25.5. The number of nitrogens with zero attached hydrogens (tertiary/aromatic N) is 6. The second-order valence-electron chi connectivity index (χ2n) is 11.3. The molecule has 8 heteroatoms. The van der Waals surface area contributed by atoms with Gasteiger partial charge in [0.25, 0.3) is 0 Å². The van der Waals surface area contributed by atoms with E-state index in [1.54, 1.807) is 6.20 Å². The highest BCUT2D eigenvalue weighted by atomic mass is 16.3. The molecular formula is C28H36N6O2.